The fourth-order valence-corrected chi connectivity index (χ4v) is 2.18. The number of nitrogen functional groups attached to an aromatic ring is 1. The third kappa shape index (κ3) is 2.88. The largest absolute Gasteiger partial charge is 0.478 e. The molecule has 0 aromatic heterocycles. The summed E-state index contributed by atoms with van der Waals surface area (Å²) >= 11 is 3.41. The Hall–Kier alpha value is -2.01. The van der Waals surface area contributed by atoms with Crippen molar-refractivity contribution < 1.29 is 9.90 Å². The molecule has 0 aliphatic carbocycles. The molecule has 0 aliphatic heterocycles. The zero-order valence-electron chi connectivity index (χ0n) is 10.3. The van der Waals surface area contributed by atoms with Gasteiger partial charge in [-0.1, -0.05) is 22.0 Å². The summed E-state index contributed by atoms with van der Waals surface area (Å²) in [5.41, 5.74) is 8.25. The summed E-state index contributed by atoms with van der Waals surface area (Å²) in [4.78, 5) is 12.9. The first-order valence-electron chi connectivity index (χ1n) is 5.61. The Bertz CT molecular complexity index is 629. The summed E-state index contributed by atoms with van der Waals surface area (Å²) in [6.45, 7) is 0. The van der Waals surface area contributed by atoms with E-state index in [1.807, 2.05) is 36.2 Å². The number of nitrogens with two attached hydrogens (primary N) is 1. The minimum Gasteiger partial charge on any atom is -0.478 e. The standard InChI is InChI=1S/C14H13BrN2O2/c1-17(11-4-2-3-10(15)8-11)13-7-9(14(18)19)5-6-12(13)16/h2-8H,16H2,1H3,(H,18,19). The van der Waals surface area contributed by atoms with E-state index in [0.29, 0.717) is 11.4 Å². The minimum atomic E-state index is -0.969. The predicted octanol–water partition coefficient (Wildman–Crippen LogP) is 3.50. The summed E-state index contributed by atoms with van der Waals surface area (Å²) in [6.07, 6.45) is 0. The van der Waals surface area contributed by atoms with E-state index in [1.165, 1.54) is 6.07 Å². The minimum absolute atomic E-state index is 0.214. The molecule has 0 radical (unpaired) electrons. The van der Waals surface area contributed by atoms with Crippen molar-refractivity contribution >= 4 is 39.0 Å². The molecule has 0 atom stereocenters. The maximum absolute atomic E-state index is 11.0. The summed E-state index contributed by atoms with van der Waals surface area (Å²) < 4.78 is 0.949. The van der Waals surface area contributed by atoms with Gasteiger partial charge in [0.15, 0.2) is 0 Å². The Morgan fingerprint density at radius 3 is 2.63 bits per heavy atom. The molecule has 0 amide bonds. The molecule has 0 aliphatic rings. The molecule has 0 bridgehead atoms. The smallest absolute Gasteiger partial charge is 0.335 e. The number of anilines is 3. The zero-order valence-corrected chi connectivity index (χ0v) is 11.9. The van der Waals surface area contributed by atoms with Crippen LogP contribution in [0.2, 0.25) is 0 Å². The highest BCUT2D eigenvalue weighted by Crippen LogP contribution is 2.31. The molecule has 0 fully saturated rings. The van der Waals surface area contributed by atoms with E-state index in [4.69, 9.17) is 10.8 Å². The number of carbonyl (C=O) groups is 1. The van der Waals surface area contributed by atoms with Crippen molar-refractivity contribution in [2.45, 2.75) is 0 Å². The van der Waals surface area contributed by atoms with E-state index in [0.717, 1.165) is 10.2 Å². The van der Waals surface area contributed by atoms with Gasteiger partial charge in [0, 0.05) is 17.2 Å². The molecule has 3 N–H and O–H groups in total. The van der Waals surface area contributed by atoms with Crippen molar-refractivity contribution in [1.29, 1.82) is 0 Å². The highest BCUT2D eigenvalue weighted by molar-refractivity contribution is 9.10. The molecule has 0 heterocycles. The van der Waals surface area contributed by atoms with Crippen LogP contribution >= 0.6 is 15.9 Å². The number of benzene rings is 2. The molecule has 0 unspecified atom stereocenters. The van der Waals surface area contributed by atoms with Gasteiger partial charge < -0.3 is 15.7 Å². The Morgan fingerprint density at radius 2 is 2.00 bits per heavy atom. The van der Waals surface area contributed by atoms with Crippen molar-refractivity contribution in [2.24, 2.45) is 0 Å². The third-order valence-corrected chi connectivity index (χ3v) is 3.33. The van der Waals surface area contributed by atoms with Gasteiger partial charge in [-0.05, 0) is 36.4 Å². The van der Waals surface area contributed by atoms with Crippen LogP contribution in [-0.2, 0) is 0 Å². The number of nitrogens with zero attached hydrogens (tertiary/aromatic N) is 1. The van der Waals surface area contributed by atoms with E-state index in [2.05, 4.69) is 15.9 Å². The molecule has 2 aromatic rings. The molecular formula is C14H13BrN2O2. The van der Waals surface area contributed by atoms with Gasteiger partial charge in [0.05, 0.1) is 16.9 Å². The van der Waals surface area contributed by atoms with Crippen molar-refractivity contribution in [3.8, 4) is 0 Å². The van der Waals surface area contributed by atoms with Crippen LogP contribution in [0.5, 0.6) is 0 Å². The number of carboxylic acid groups (broad SMARTS) is 1. The van der Waals surface area contributed by atoms with Crippen LogP contribution < -0.4 is 10.6 Å². The summed E-state index contributed by atoms with van der Waals surface area (Å²) in [7, 11) is 1.85. The Labute approximate surface area is 119 Å². The second kappa shape index (κ2) is 5.32. The maximum atomic E-state index is 11.0. The molecule has 0 saturated heterocycles. The molecule has 0 spiro atoms. The van der Waals surface area contributed by atoms with Crippen LogP contribution in [-0.4, -0.2) is 18.1 Å². The van der Waals surface area contributed by atoms with Gasteiger partial charge in [0.1, 0.15) is 0 Å². The predicted molar refractivity (Wildman–Crippen MR) is 80.0 cm³/mol. The Balaban J connectivity index is 2.46. The van der Waals surface area contributed by atoms with Crippen molar-refractivity contribution in [3.05, 3.63) is 52.5 Å². The molecule has 2 aromatic carbocycles. The molecule has 5 heteroatoms. The van der Waals surface area contributed by atoms with Gasteiger partial charge >= 0.3 is 5.97 Å². The van der Waals surface area contributed by atoms with Crippen LogP contribution in [0.3, 0.4) is 0 Å². The van der Waals surface area contributed by atoms with Gasteiger partial charge in [0.2, 0.25) is 0 Å². The molecule has 2 rings (SSSR count). The number of carboxylic acids is 1. The summed E-state index contributed by atoms with van der Waals surface area (Å²) in [5, 5.41) is 9.03. The van der Waals surface area contributed by atoms with Gasteiger partial charge in [0.25, 0.3) is 0 Å². The topological polar surface area (TPSA) is 66.6 Å². The van der Waals surface area contributed by atoms with Crippen LogP contribution in [0.4, 0.5) is 17.1 Å². The number of aromatic carboxylic acids is 1. The number of hydrogen-bond donors (Lipinski definition) is 2. The Morgan fingerprint density at radius 1 is 1.26 bits per heavy atom. The average molecular weight is 321 g/mol. The quantitative estimate of drug-likeness (QED) is 0.849. The van der Waals surface area contributed by atoms with Crippen LogP contribution in [0, 0.1) is 0 Å². The first kappa shape index (κ1) is 13.4. The van der Waals surface area contributed by atoms with Crippen LogP contribution in [0.15, 0.2) is 46.9 Å². The molecule has 98 valence electrons. The van der Waals surface area contributed by atoms with E-state index in [-0.39, 0.29) is 5.56 Å². The molecular weight excluding hydrogens is 308 g/mol. The number of halogens is 1. The lowest BCUT2D eigenvalue weighted by atomic mass is 10.1. The lowest BCUT2D eigenvalue weighted by Gasteiger charge is -2.22. The molecule has 0 saturated carbocycles. The average Bonchev–Trinajstić information content (AvgIpc) is 2.38. The van der Waals surface area contributed by atoms with Gasteiger partial charge in [-0.2, -0.15) is 0 Å². The van der Waals surface area contributed by atoms with E-state index < -0.39 is 5.97 Å². The van der Waals surface area contributed by atoms with Crippen molar-refractivity contribution in [3.63, 3.8) is 0 Å². The fraction of sp³-hybridized carbons (Fsp3) is 0.0714. The molecule has 4 nitrogen and oxygen atoms in total. The second-order valence-corrected chi connectivity index (χ2v) is 5.03. The Kier molecular flexibility index (Phi) is 3.76. The van der Waals surface area contributed by atoms with Crippen LogP contribution in [0.1, 0.15) is 10.4 Å². The maximum Gasteiger partial charge on any atom is 0.335 e. The number of rotatable bonds is 3. The normalized spacial score (nSPS) is 10.2. The van der Waals surface area contributed by atoms with Crippen molar-refractivity contribution in [2.75, 3.05) is 17.7 Å². The SMILES string of the molecule is CN(c1cccc(Br)c1)c1cc(C(=O)O)ccc1N. The summed E-state index contributed by atoms with van der Waals surface area (Å²) in [6, 6.07) is 12.4. The number of hydrogen-bond acceptors (Lipinski definition) is 3. The lowest BCUT2D eigenvalue weighted by molar-refractivity contribution is 0.0697. The highest BCUT2D eigenvalue weighted by atomic mass is 79.9. The first-order chi connectivity index (χ1) is 8.99. The lowest BCUT2D eigenvalue weighted by Crippen LogP contribution is -2.12. The fourth-order valence-electron chi connectivity index (χ4n) is 1.79. The second-order valence-electron chi connectivity index (χ2n) is 4.12. The van der Waals surface area contributed by atoms with E-state index in [1.54, 1.807) is 12.1 Å². The zero-order chi connectivity index (χ0) is 14.0. The third-order valence-electron chi connectivity index (χ3n) is 2.83. The monoisotopic (exact) mass is 320 g/mol. The summed E-state index contributed by atoms with van der Waals surface area (Å²) in [5.74, 6) is -0.969. The van der Waals surface area contributed by atoms with Gasteiger partial charge in [-0.3, -0.25) is 0 Å². The highest BCUT2D eigenvalue weighted by Gasteiger charge is 2.11. The van der Waals surface area contributed by atoms with Gasteiger partial charge in [-0.15, -0.1) is 0 Å². The first-order valence-corrected chi connectivity index (χ1v) is 6.40. The van der Waals surface area contributed by atoms with E-state index >= 15 is 0 Å². The van der Waals surface area contributed by atoms with E-state index in [9.17, 15) is 4.79 Å². The molecule has 19 heavy (non-hydrogen) atoms. The van der Waals surface area contributed by atoms with Gasteiger partial charge in [-0.25, -0.2) is 4.79 Å². The van der Waals surface area contributed by atoms with Crippen molar-refractivity contribution in [1.82, 2.24) is 0 Å². The van der Waals surface area contributed by atoms with Crippen LogP contribution in [0.25, 0.3) is 0 Å².